The number of nitrogens with one attached hydrogen (secondary N) is 1. The van der Waals surface area contributed by atoms with Gasteiger partial charge in [0.05, 0.1) is 0 Å². The summed E-state index contributed by atoms with van der Waals surface area (Å²) in [5.41, 5.74) is 0.367. The Kier molecular flexibility index (Phi) is 1.96. The number of rotatable bonds is 0. The highest BCUT2D eigenvalue weighted by Gasteiger charge is 1.94. The number of nitrogens with zero attached hydrogens (tertiary/aromatic N) is 2. The van der Waals surface area contributed by atoms with Gasteiger partial charge >= 0.3 is 0 Å². The third-order valence-corrected chi connectivity index (χ3v) is 1.31. The lowest BCUT2D eigenvalue weighted by molar-refractivity contribution is 0.929. The van der Waals surface area contributed by atoms with Gasteiger partial charge in [0.15, 0.2) is 5.65 Å². The lowest BCUT2D eigenvalue weighted by atomic mass is 10.5. The molecule has 2 rings (SSSR count). The normalized spacial score (nSPS) is 9.45. The summed E-state index contributed by atoms with van der Waals surface area (Å²) < 4.78 is 1.57. The maximum atomic E-state index is 10.9. The number of halogens is 1. The molecule has 0 radical (unpaired) electrons. The lowest BCUT2D eigenvalue weighted by Crippen LogP contribution is -2.04. The molecular weight excluding hydrogens is 166 g/mol. The van der Waals surface area contributed by atoms with E-state index < -0.39 is 0 Å². The molecule has 4 nitrogen and oxygen atoms in total. The number of hydrogen-bond donors (Lipinski definition) is 1. The quantitative estimate of drug-likeness (QED) is 0.626. The number of H-pyrrole nitrogens is 1. The minimum absolute atomic E-state index is 0. The molecule has 58 valence electrons. The Balaban J connectivity index is 0.000000605. The Morgan fingerprint density at radius 3 is 3.09 bits per heavy atom. The smallest absolute Gasteiger partial charge is 0.224 e. The van der Waals surface area contributed by atoms with Crippen LogP contribution in [0.1, 0.15) is 0 Å². The maximum absolute atomic E-state index is 10.9. The number of hydrogen-bond acceptors (Lipinski definition) is 2. The lowest BCUT2D eigenvalue weighted by Gasteiger charge is -1.88. The molecule has 0 aromatic carbocycles. The van der Waals surface area contributed by atoms with Gasteiger partial charge in [0.2, 0.25) is 5.43 Å². The molecule has 0 saturated heterocycles. The standard InChI is InChI=1S/C6H5N3O.ClH/c10-5-1-2-8-9-4-3-7-6(5)9;/h1-4,8H;1H. The van der Waals surface area contributed by atoms with E-state index in [9.17, 15) is 4.79 Å². The number of fused-ring (bicyclic) bond motifs is 1. The zero-order valence-electron chi connectivity index (χ0n) is 5.52. The Morgan fingerprint density at radius 1 is 1.55 bits per heavy atom. The molecule has 2 aromatic heterocycles. The van der Waals surface area contributed by atoms with E-state index in [1.807, 2.05) is 0 Å². The van der Waals surface area contributed by atoms with Gasteiger partial charge in [-0.2, -0.15) is 0 Å². The van der Waals surface area contributed by atoms with Gasteiger partial charge in [-0.3, -0.25) is 9.89 Å². The molecule has 0 saturated carbocycles. The molecule has 2 aromatic rings. The zero-order chi connectivity index (χ0) is 6.97. The average Bonchev–Trinajstić information content (AvgIpc) is 2.36. The third kappa shape index (κ3) is 1.12. The van der Waals surface area contributed by atoms with Crippen molar-refractivity contribution in [3.63, 3.8) is 0 Å². The van der Waals surface area contributed by atoms with E-state index in [4.69, 9.17) is 0 Å². The number of aromatic amines is 1. The first-order valence-corrected chi connectivity index (χ1v) is 2.89. The Morgan fingerprint density at radius 2 is 2.36 bits per heavy atom. The molecule has 1 N–H and O–H groups in total. The van der Waals surface area contributed by atoms with Crippen LogP contribution in [0.3, 0.4) is 0 Å². The SMILES string of the molecule is Cl.O=c1cc[nH]n2ccnc12. The van der Waals surface area contributed by atoms with Crippen LogP contribution >= 0.6 is 12.4 Å². The second kappa shape index (κ2) is 2.75. The third-order valence-electron chi connectivity index (χ3n) is 1.31. The summed E-state index contributed by atoms with van der Waals surface area (Å²) in [6, 6.07) is 1.45. The highest BCUT2D eigenvalue weighted by atomic mass is 35.5. The fraction of sp³-hybridized carbons (Fsp3) is 0. The predicted octanol–water partition coefficient (Wildman–Crippen LogP) is 0.444. The van der Waals surface area contributed by atoms with E-state index in [1.165, 1.54) is 6.07 Å². The second-order valence-corrected chi connectivity index (χ2v) is 1.95. The highest BCUT2D eigenvalue weighted by molar-refractivity contribution is 5.85. The van der Waals surface area contributed by atoms with Crippen LogP contribution in [0.15, 0.2) is 29.5 Å². The Hall–Kier alpha value is -1.29. The van der Waals surface area contributed by atoms with E-state index in [0.717, 1.165) is 0 Å². The monoisotopic (exact) mass is 171 g/mol. The molecule has 0 aliphatic carbocycles. The van der Waals surface area contributed by atoms with Gasteiger partial charge in [-0.15, -0.1) is 12.4 Å². The van der Waals surface area contributed by atoms with Crippen molar-refractivity contribution < 1.29 is 0 Å². The van der Waals surface area contributed by atoms with Crippen LogP contribution in [0.2, 0.25) is 0 Å². The molecule has 5 heteroatoms. The molecule has 2 heterocycles. The van der Waals surface area contributed by atoms with E-state index in [2.05, 4.69) is 10.1 Å². The molecule has 0 fully saturated rings. The van der Waals surface area contributed by atoms with Gasteiger partial charge in [0, 0.05) is 24.7 Å². The minimum Gasteiger partial charge on any atom is -0.300 e. The van der Waals surface area contributed by atoms with Crippen molar-refractivity contribution in [1.29, 1.82) is 0 Å². The zero-order valence-corrected chi connectivity index (χ0v) is 6.34. The molecule has 11 heavy (non-hydrogen) atoms. The summed E-state index contributed by atoms with van der Waals surface area (Å²) in [4.78, 5) is 14.8. The molecule has 0 atom stereocenters. The molecule has 0 spiro atoms. The average molecular weight is 172 g/mol. The van der Waals surface area contributed by atoms with Gasteiger partial charge in [-0.25, -0.2) is 9.50 Å². The molecule has 0 aliphatic rings. The molecule has 0 aliphatic heterocycles. The predicted molar refractivity (Wildman–Crippen MR) is 43.1 cm³/mol. The van der Waals surface area contributed by atoms with Crippen molar-refractivity contribution in [2.75, 3.05) is 0 Å². The maximum Gasteiger partial charge on any atom is 0.224 e. The highest BCUT2D eigenvalue weighted by Crippen LogP contribution is 1.86. The van der Waals surface area contributed by atoms with Crippen LogP contribution in [0, 0.1) is 0 Å². The fourth-order valence-electron chi connectivity index (χ4n) is 0.858. The summed E-state index contributed by atoms with van der Waals surface area (Å²) in [6.07, 6.45) is 4.85. The van der Waals surface area contributed by atoms with Crippen LogP contribution in [-0.2, 0) is 0 Å². The topological polar surface area (TPSA) is 50.2 Å². The first-order valence-electron chi connectivity index (χ1n) is 2.89. The van der Waals surface area contributed by atoms with Gasteiger partial charge in [0.1, 0.15) is 0 Å². The number of imidazole rings is 1. The van der Waals surface area contributed by atoms with Crippen LogP contribution in [-0.4, -0.2) is 14.6 Å². The van der Waals surface area contributed by atoms with Crippen molar-refractivity contribution >= 4 is 18.1 Å². The van der Waals surface area contributed by atoms with Crippen molar-refractivity contribution in [1.82, 2.24) is 14.6 Å². The van der Waals surface area contributed by atoms with Crippen molar-refractivity contribution in [2.45, 2.75) is 0 Å². The van der Waals surface area contributed by atoms with Crippen molar-refractivity contribution in [3.8, 4) is 0 Å². The van der Waals surface area contributed by atoms with E-state index in [1.54, 1.807) is 23.1 Å². The van der Waals surface area contributed by atoms with Gasteiger partial charge < -0.3 is 0 Å². The summed E-state index contributed by atoms with van der Waals surface area (Å²) in [5.74, 6) is 0. The minimum atomic E-state index is -0.0660. The molecule has 0 bridgehead atoms. The summed E-state index contributed by atoms with van der Waals surface area (Å²) >= 11 is 0. The van der Waals surface area contributed by atoms with Crippen molar-refractivity contribution in [2.24, 2.45) is 0 Å². The van der Waals surface area contributed by atoms with Gasteiger partial charge in [0.25, 0.3) is 0 Å². The van der Waals surface area contributed by atoms with Crippen LogP contribution in [0.25, 0.3) is 5.65 Å². The fourth-order valence-corrected chi connectivity index (χ4v) is 0.858. The van der Waals surface area contributed by atoms with Crippen LogP contribution < -0.4 is 5.43 Å². The molecular formula is C6H6ClN3O. The van der Waals surface area contributed by atoms with E-state index in [-0.39, 0.29) is 17.8 Å². The summed E-state index contributed by atoms with van der Waals surface area (Å²) in [7, 11) is 0. The van der Waals surface area contributed by atoms with E-state index >= 15 is 0 Å². The summed E-state index contributed by atoms with van der Waals surface area (Å²) in [6.45, 7) is 0. The number of aromatic nitrogens is 3. The largest absolute Gasteiger partial charge is 0.300 e. The Bertz CT molecular complexity index is 405. The van der Waals surface area contributed by atoms with Crippen LogP contribution in [0.4, 0.5) is 0 Å². The van der Waals surface area contributed by atoms with Crippen LogP contribution in [0.5, 0.6) is 0 Å². The second-order valence-electron chi connectivity index (χ2n) is 1.95. The van der Waals surface area contributed by atoms with Gasteiger partial charge in [-0.1, -0.05) is 0 Å². The summed E-state index contributed by atoms with van der Waals surface area (Å²) in [5, 5.41) is 2.83. The first-order chi connectivity index (χ1) is 4.88. The van der Waals surface area contributed by atoms with E-state index in [0.29, 0.717) is 5.65 Å². The van der Waals surface area contributed by atoms with Gasteiger partial charge in [-0.05, 0) is 0 Å². The Labute approximate surface area is 68.3 Å². The molecule has 0 amide bonds. The van der Waals surface area contributed by atoms with Crippen molar-refractivity contribution in [3.05, 3.63) is 34.9 Å². The molecule has 0 unspecified atom stereocenters. The first kappa shape index (κ1) is 7.81.